The maximum absolute atomic E-state index is 12.9. The van der Waals surface area contributed by atoms with Gasteiger partial charge in [-0.2, -0.15) is 0 Å². The van der Waals surface area contributed by atoms with Crippen LogP contribution in [0.2, 0.25) is 0 Å². The summed E-state index contributed by atoms with van der Waals surface area (Å²) >= 11 is 2.59. The maximum Gasteiger partial charge on any atom is 0.250 e. The highest BCUT2D eigenvalue weighted by Gasteiger charge is 2.13. The van der Waals surface area contributed by atoms with Crippen molar-refractivity contribution < 1.29 is 12.8 Å². The molecule has 0 aliphatic carbocycles. The second-order valence-corrected chi connectivity index (χ2v) is 8.60. The third kappa shape index (κ3) is 4.18. The molecular formula is C15H14FN3O2S3. The van der Waals surface area contributed by atoms with Gasteiger partial charge in [-0.15, -0.1) is 22.7 Å². The van der Waals surface area contributed by atoms with E-state index in [1.807, 2.05) is 5.38 Å². The fraction of sp³-hybridized carbons (Fsp3) is 0.133. The van der Waals surface area contributed by atoms with Gasteiger partial charge in [-0.25, -0.2) is 22.5 Å². The molecule has 0 aliphatic heterocycles. The van der Waals surface area contributed by atoms with Crippen LogP contribution in [0.25, 0.3) is 11.3 Å². The Labute approximate surface area is 147 Å². The van der Waals surface area contributed by atoms with Crippen LogP contribution in [0.4, 0.5) is 9.52 Å². The molecule has 0 bridgehead atoms. The highest BCUT2D eigenvalue weighted by atomic mass is 32.2. The van der Waals surface area contributed by atoms with Crippen LogP contribution >= 0.6 is 22.7 Å². The normalized spacial score (nSPS) is 11.5. The molecule has 126 valence electrons. The van der Waals surface area contributed by atoms with Crippen LogP contribution in [0.1, 0.15) is 0 Å². The quantitative estimate of drug-likeness (QED) is 0.614. The zero-order chi connectivity index (χ0) is 17.0. The number of anilines is 1. The highest BCUT2D eigenvalue weighted by molar-refractivity contribution is 7.91. The van der Waals surface area contributed by atoms with Gasteiger partial charge in [-0.1, -0.05) is 6.07 Å². The summed E-state index contributed by atoms with van der Waals surface area (Å²) in [4.78, 5) is 4.40. The average Bonchev–Trinajstić information content (AvgIpc) is 3.24. The van der Waals surface area contributed by atoms with Crippen molar-refractivity contribution >= 4 is 37.8 Å². The summed E-state index contributed by atoms with van der Waals surface area (Å²) in [6, 6.07) is 9.38. The van der Waals surface area contributed by atoms with Crippen LogP contribution in [0.3, 0.4) is 0 Å². The minimum absolute atomic E-state index is 0.256. The van der Waals surface area contributed by atoms with Crippen LogP contribution < -0.4 is 10.0 Å². The van der Waals surface area contributed by atoms with E-state index in [9.17, 15) is 12.8 Å². The number of thiazole rings is 1. The first-order valence-corrected chi connectivity index (χ1v) is 10.3. The fourth-order valence-corrected chi connectivity index (χ4v) is 4.77. The Hall–Kier alpha value is -1.81. The van der Waals surface area contributed by atoms with E-state index in [1.165, 1.54) is 34.8 Å². The van der Waals surface area contributed by atoms with Crippen LogP contribution in [0, 0.1) is 5.82 Å². The summed E-state index contributed by atoms with van der Waals surface area (Å²) < 4.78 is 39.7. The van der Waals surface area contributed by atoms with Gasteiger partial charge in [-0.3, -0.25) is 0 Å². The number of halogens is 1. The third-order valence-electron chi connectivity index (χ3n) is 3.10. The first kappa shape index (κ1) is 17.0. The molecule has 0 saturated carbocycles. The van der Waals surface area contributed by atoms with Crippen molar-refractivity contribution in [3.8, 4) is 11.3 Å². The predicted octanol–water partition coefficient (Wildman–Crippen LogP) is 3.40. The Morgan fingerprint density at radius 3 is 2.58 bits per heavy atom. The molecule has 9 heteroatoms. The van der Waals surface area contributed by atoms with Gasteiger partial charge in [0.05, 0.1) is 5.69 Å². The standard InChI is InChI=1S/C15H14FN3O2S3/c16-12-5-3-11(4-6-12)13-10-23-15(19-13)17-7-8-18-24(20,21)14-2-1-9-22-14/h1-6,9-10,18H,7-8H2,(H,17,19). The molecule has 0 aliphatic rings. The molecule has 0 saturated heterocycles. The summed E-state index contributed by atoms with van der Waals surface area (Å²) in [5.41, 5.74) is 1.58. The zero-order valence-electron chi connectivity index (χ0n) is 12.4. The number of hydrogen-bond acceptors (Lipinski definition) is 6. The van der Waals surface area contributed by atoms with Crippen molar-refractivity contribution in [2.24, 2.45) is 0 Å². The molecule has 0 amide bonds. The van der Waals surface area contributed by atoms with Crippen molar-refractivity contribution in [1.29, 1.82) is 0 Å². The summed E-state index contributed by atoms with van der Waals surface area (Å²) in [6.07, 6.45) is 0. The van der Waals surface area contributed by atoms with Crippen molar-refractivity contribution in [3.05, 3.63) is 53.0 Å². The van der Waals surface area contributed by atoms with Crippen LogP contribution in [-0.2, 0) is 10.0 Å². The van der Waals surface area contributed by atoms with E-state index in [2.05, 4.69) is 15.0 Å². The number of thiophene rings is 1. The van der Waals surface area contributed by atoms with Crippen molar-refractivity contribution in [2.45, 2.75) is 4.21 Å². The lowest BCUT2D eigenvalue weighted by molar-refractivity contribution is 0.585. The van der Waals surface area contributed by atoms with E-state index in [4.69, 9.17) is 0 Å². The molecule has 5 nitrogen and oxygen atoms in total. The van der Waals surface area contributed by atoms with Gasteiger partial charge >= 0.3 is 0 Å². The van der Waals surface area contributed by atoms with Gasteiger partial charge in [0.25, 0.3) is 0 Å². The fourth-order valence-electron chi connectivity index (χ4n) is 1.95. The Bertz CT molecular complexity index is 890. The number of nitrogens with one attached hydrogen (secondary N) is 2. The molecule has 2 N–H and O–H groups in total. The van der Waals surface area contributed by atoms with Gasteiger partial charge in [0.2, 0.25) is 10.0 Å². The van der Waals surface area contributed by atoms with Gasteiger partial charge in [-0.05, 0) is 35.7 Å². The Morgan fingerprint density at radius 1 is 1.08 bits per heavy atom. The Balaban J connectivity index is 1.52. The summed E-state index contributed by atoms with van der Waals surface area (Å²) in [5, 5.41) is 7.35. The van der Waals surface area contributed by atoms with Gasteiger partial charge in [0.15, 0.2) is 5.13 Å². The van der Waals surface area contributed by atoms with Crippen molar-refractivity contribution in [2.75, 3.05) is 18.4 Å². The lowest BCUT2D eigenvalue weighted by Crippen LogP contribution is -2.28. The monoisotopic (exact) mass is 383 g/mol. The average molecular weight is 383 g/mol. The van der Waals surface area contributed by atoms with Crippen LogP contribution in [0.5, 0.6) is 0 Å². The molecule has 0 unspecified atom stereocenters. The third-order valence-corrected chi connectivity index (χ3v) is 6.76. The zero-order valence-corrected chi connectivity index (χ0v) is 14.8. The minimum atomic E-state index is -3.44. The smallest absolute Gasteiger partial charge is 0.250 e. The molecule has 0 atom stereocenters. The largest absolute Gasteiger partial charge is 0.360 e. The second kappa shape index (κ2) is 7.39. The molecule has 0 spiro atoms. The number of sulfonamides is 1. The van der Waals surface area contributed by atoms with E-state index in [0.29, 0.717) is 15.9 Å². The molecular weight excluding hydrogens is 369 g/mol. The Morgan fingerprint density at radius 2 is 1.88 bits per heavy atom. The molecule has 3 rings (SSSR count). The van der Waals surface area contributed by atoms with Crippen LogP contribution in [-0.4, -0.2) is 26.5 Å². The molecule has 3 aromatic rings. The summed E-state index contributed by atoms with van der Waals surface area (Å²) in [5.74, 6) is -0.287. The molecule has 2 aromatic heterocycles. The van der Waals surface area contributed by atoms with E-state index >= 15 is 0 Å². The van der Waals surface area contributed by atoms with Gasteiger partial charge in [0, 0.05) is 24.0 Å². The van der Waals surface area contributed by atoms with E-state index in [-0.39, 0.29) is 12.4 Å². The Kier molecular flexibility index (Phi) is 5.24. The number of nitrogens with zero attached hydrogens (tertiary/aromatic N) is 1. The van der Waals surface area contributed by atoms with Crippen LogP contribution in [0.15, 0.2) is 51.4 Å². The summed E-state index contributed by atoms with van der Waals surface area (Å²) in [7, 11) is -3.44. The highest BCUT2D eigenvalue weighted by Crippen LogP contribution is 2.24. The number of benzene rings is 1. The molecule has 0 radical (unpaired) electrons. The van der Waals surface area contributed by atoms with Crippen molar-refractivity contribution in [1.82, 2.24) is 9.71 Å². The van der Waals surface area contributed by atoms with Crippen molar-refractivity contribution in [3.63, 3.8) is 0 Å². The number of hydrogen-bond donors (Lipinski definition) is 2. The molecule has 2 heterocycles. The predicted molar refractivity (Wildman–Crippen MR) is 95.5 cm³/mol. The topological polar surface area (TPSA) is 71.1 Å². The minimum Gasteiger partial charge on any atom is -0.360 e. The maximum atomic E-state index is 12.9. The number of aromatic nitrogens is 1. The number of rotatable bonds is 7. The molecule has 1 aromatic carbocycles. The van der Waals surface area contributed by atoms with Gasteiger partial charge < -0.3 is 5.32 Å². The SMILES string of the molecule is O=S(=O)(NCCNc1nc(-c2ccc(F)cc2)cs1)c1cccs1. The van der Waals surface area contributed by atoms with E-state index in [0.717, 1.165) is 11.3 Å². The second-order valence-electron chi connectivity index (χ2n) is 4.80. The lowest BCUT2D eigenvalue weighted by Gasteiger charge is -2.05. The first-order chi connectivity index (χ1) is 11.5. The summed E-state index contributed by atoms with van der Waals surface area (Å²) in [6.45, 7) is 0.673. The van der Waals surface area contributed by atoms with E-state index < -0.39 is 10.0 Å². The van der Waals surface area contributed by atoms with Gasteiger partial charge in [0.1, 0.15) is 10.0 Å². The molecule has 24 heavy (non-hydrogen) atoms. The lowest BCUT2D eigenvalue weighted by atomic mass is 10.2. The van der Waals surface area contributed by atoms with E-state index in [1.54, 1.807) is 29.6 Å². The molecule has 0 fully saturated rings. The first-order valence-electron chi connectivity index (χ1n) is 7.03.